The monoisotopic (exact) mass is 233 g/mol. The molecule has 92 valence electrons. The van der Waals surface area contributed by atoms with Crippen LogP contribution >= 0.6 is 0 Å². The van der Waals surface area contributed by atoms with E-state index in [0.717, 1.165) is 0 Å². The molecule has 0 aromatic heterocycles. The van der Waals surface area contributed by atoms with E-state index in [9.17, 15) is 13.6 Å². The molecule has 2 aliphatic rings. The van der Waals surface area contributed by atoms with Crippen molar-refractivity contribution in [2.24, 2.45) is 5.92 Å². The molecule has 0 aromatic rings. The zero-order valence-electron chi connectivity index (χ0n) is 9.09. The third-order valence-corrected chi connectivity index (χ3v) is 3.55. The number of carbonyl (C=O) groups is 1. The van der Waals surface area contributed by atoms with Crippen molar-refractivity contribution in [3.05, 3.63) is 0 Å². The van der Waals surface area contributed by atoms with E-state index in [2.05, 4.69) is 5.32 Å². The fraction of sp³-hybridized carbons (Fsp3) is 0.909. The van der Waals surface area contributed by atoms with E-state index in [1.165, 1.54) is 0 Å². The van der Waals surface area contributed by atoms with Crippen molar-refractivity contribution in [1.82, 2.24) is 5.32 Å². The van der Waals surface area contributed by atoms with Crippen LogP contribution in [-0.2, 0) is 4.79 Å². The van der Waals surface area contributed by atoms with E-state index in [0.29, 0.717) is 12.8 Å². The summed E-state index contributed by atoms with van der Waals surface area (Å²) in [6.45, 7) is 0. The standard InChI is InChI=1S/C11H17F2NO2/c12-11(13)3-1-7(2-4-11)10(16)14-8-5-9(15)6-8/h7-9,15H,1-6H2,(H,14,16). The Bertz CT molecular complexity index is 267. The van der Waals surface area contributed by atoms with E-state index >= 15 is 0 Å². The van der Waals surface area contributed by atoms with Gasteiger partial charge in [-0.15, -0.1) is 0 Å². The van der Waals surface area contributed by atoms with Gasteiger partial charge in [-0.1, -0.05) is 0 Å². The van der Waals surface area contributed by atoms with Gasteiger partial charge < -0.3 is 10.4 Å². The summed E-state index contributed by atoms with van der Waals surface area (Å²) < 4.78 is 25.7. The van der Waals surface area contributed by atoms with Crippen LogP contribution in [0, 0.1) is 5.92 Å². The number of hydrogen-bond acceptors (Lipinski definition) is 2. The number of carbonyl (C=O) groups excluding carboxylic acids is 1. The molecule has 5 heteroatoms. The third kappa shape index (κ3) is 2.70. The highest BCUT2D eigenvalue weighted by atomic mass is 19.3. The Balaban J connectivity index is 1.74. The van der Waals surface area contributed by atoms with E-state index in [-0.39, 0.29) is 49.7 Å². The summed E-state index contributed by atoms with van der Waals surface area (Å²) in [6, 6.07) is 0.0462. The number of amides is 1. The number of halogens is 2. The molecule has 0 heterocycles. The highest BCUT2D eigenvalue weighted by Gasteiger charge is 2.38. The van der Waals surface area contributed by atoms with E-state index in [1.807, 2.05) is 0 Å². The highest BCUT2D eigenvalue weighted by molar-refractivity contribution is 5.79. The Kier molecular flexibility index (Phi) is 3.15. The SMILES string of the molecule is O=C(NC1CC(O)C1)C1CCC(F)(F)CC1. The topological polar surface area (TPSA) is 49.3 Å². The normalized spacial score (nSPS) is 34.2. The summed E-state index contributed by atoms with van der Waals surface area (Å²) >= 11 is 0. The Labute approximate surface area is 93.2 Å². The van der Waals surface area contributed by atoms with Crippen molar-refractivity contribution in [3.63, 3.8) is 0 Å². The second kappa shape index (κ2) is 4.28. The molecule has 0 aliphatic heterocycles. The quantitative estimate of drug-likeness (QED) is 0.758. The summed E-state index contributed by atoms with van der Waals surface area (Å²) in [6.07, 6.45) is 1.06. The lowest BCUT2D eigenvalue weighted by molar-refractivity contribution is -0.131. The van der Waals surface area contributed by atoms with E-state index in [4.69, 9.17) is 5.11 Å². The summed E-state index contributed by atoms with van der Waals surface area (Å²) in [5, 5.41) is 11.9. The molecule has 2 saturated carbocycles. The number of rotatable bonds is 2. The van der Waals surface area contributed by atoms with Crippen LogP contribution in [0.3, 0.4) is 0 Å². The van der Waals surface area contributed by atoms with Crippen molar-refractivity contribution in [3.8, 4) is 0 Å². The molecule has 0 spiro atoms. The van der Waals surface area contributed by atoms with Crippen LogP contribution in [0.1, 0.15) is 38.5 Å². The molecular formula is C11H17F2NO2. The Morgan fingerprint density at radius 3 is 2.31 bits per heavy atom. The number of aliphatic hydroxyl groups is 1. The Morgan fingerprint density at radius 1 is 1.25 bits per heavy atom. The maximum absolute atomic E-state index is 12.9. The van der Waals surface area contributed by atoms with Gasteiger partial charge in [0.05, 0.1) is 6.10 Å². The van der Waals surface area contributed by atoms with E-state index < -0.39 is 5.92 Å². The summed E-state index contributed by atoms with van der Waals surface area (Å²) in [7, 11) is 0. The summed E-state index contributed by atoms with van der Waals surface area (Å²) in [5.41, 5.74) is 0. The first-order chi connectivity index (χ1) is 7.46. The van der Waals surface area contributed by atoms with Crippen molar-refractivity contribution in [1.29, 1.82) is 0 Å². The average Bonchev–Trinajstić information content (AvgIpc) is 2.15. The molecule has 0 radical (unpaired) electrons. The molecule has 3 nitrogen and oxygen atoms in total. The molecule has 2 N–H and O–H groups in total. The second-order valence-electron chi connectivity index (χ2n) is 4.96. The summed E-state index contributed by atoms with van der Waals surface area (Å²) in [5.74, 6) is -2.96. The van der Waals surface area contributed by atoms with Crippen LogP contribution in [0.15, 0.2) is 0 Å². The van der Waals surface area contributed by atoms with Crippen LogP contribution in [0.2, 0.25) is 0 Å². The smallest absolute Gasteiger partial charge is 0.248 e. The molecule has 0 unspecified atom stereocenters. The second-order valence-corrected chi connectivity index (χ2v) is 4.96. The number of alkyl halides is 2. The fourth-order valence-corrected chi connectivity index (χ4v) is 2.33. The molecule has 0 atom stereocenters. The van der Waals surface area contributed by atoms with Crippen LogP contribution in [-0.4, -0.2) is 29.1 Å². The first kappa shape index (κ1) is 11.8. The van der Waals surface area contributed by atoms with Gasteiger partial charge in [-0.2, -0.15) is 0 Å². The van der Waals surface area contributed by atoms with Crippen LogP contribution in [0.25, 0.3) is 0 Å². The van der Waals surface area contributed by atoms with Gasteiger partial charge in [0.1, 0.15) is 0 Å². The molecule has 0 bridgehead atoms. The maximum Gasteiger partial charge on any atom is 0.248 e. The lowest BCUT2D eigenvalue weighted by atomic mass is 9.84. The Hall–Kier alpha value is -0.710. The average molecular weight is 233 g/mol. The predicted octanol–water partition coefficient (Wildman–Crippen LogP) is 1.45. The number of hydrogen-bond donors (Lipinski definition) is 2. The largest absolute Gasteiger partial charge is 0.393 e. The predicted molar refractivity (Wildman–Crippen MR) is 54.1 cm³/mol. The fourth-order valence-electron chi connectivity index (χ4n) is 2.33. The van der Waals surface area contributed by atoms with Gasteiger partial charge in [0.2, 0.25) is 11.8 Å². The molecule has 2 fully saturated rings. The molecule has 2 rings (SSSR count). The van der Waals surface area contributed by atoms with Gasteiger partial charge in [0, 0.05) is 24.8 Å². The molecule has 1 amide bonds. The zero-order chi connectivity index (χ0) is 11.8. The molecule has 2 aliphatic carbocycles. The Morgan fingerprint density at radius 2 is 1.81 bits per heavy atom. The first-order valence-electron chi connectivity index (χ1n) is 5.82. The minimum Gasteiger partial charge on any atom is -0.393 e. The molecule has 0 aromatic carbocycles. The van der Waals surface area contributed by atoms with Gasteiger partial charge in [-0.25, -0.2) is 8.78 Å². The van der Waals surface area contributed by atoms with Crippen molar-refractivity contribution >= 4 is 5.91 Å². The van der Waals surface area contributed by atoms with Gasteiger partial charge in [0.25, 0.3) is 0 Å². The van der Waals surface area contributed by atoms with Gasteiger partial charge in [-0.3, -0.25) is 4.79 Å². The zero-order valence-corrected chi connectivity index (χ0v) is 9.09. The lowest BCUT2D eigenvalue weighted by Crippen LogP contribution is -2.49. The molecule has 0 saturated heterocycles. The number of aliphatic hydroxyl groups excluding tert-OH is 1. The van der Waals surface area contributed by atoms with Crippen LogP contribution in [0.4, 0.5) is 8.78 Å². The number of nitrogens with one attached hydrogen (secondary N) is 1. The van der Waals surface area contributed by atoms with Gasteiger partial charge in [0.15, 0.2) is 0 Å². The molecule has 16 heavy (non-hydrogen) atoms. The first-order valence-corrected chi connectivity index (χ1v) is 5.82. The van der Waals surface area contributed by atoms with Crippen molar-refractivity contribution in [2.45, 2.75) is 56.6 Å². The highest BCUT2D eigenvalue weighted by Crippen LogP contribution is 2.36. The van der Waals surface area contributed by atoms with Crippen molar-refractivity contribution < 1.29 is 18.7 Å². The third-order valence-electron chi connectivity index (χ3n) is 3.55. The lowest BCUT2D eigenvalue weighted by Gasteiger charge is -2.34. The minimum atomic E-state index is -2.58. The molecular weight excluding hydrogens is 216 g/mol. The summed E-state index contributed by atoms with van der Waals surface area (Å²) in [4.78, 5) is 11.7. The van der Waals surface area contributed by atoms with Crippen LogP contribution in [0.5, 0.6) is 0 Å². The maximum atomic E-state index is 12.9. The van der Waals surface area contributed by atoms with Crippen LogP contribution < -0.4 is 5.32 Å². The van der Waals surface area contributed by atoms with Gasteiger partial charge in [-0.05, 0) is 25.7 Å². The van der Waals surface area contributed by atoms with Crippen molar-refractivity contribution in [2.75, 3.05) is 0 Å². The van der Waals surface area contributed by atoms with E-state index in [1.54, 1.807) is 0 Å². The minimum absolute atomic E-state index is 0.0462. The van der Waals surface area contributed by atoms with Gasteiger partial charge >= 0.3 is 0 Å².